The van der Waals surface area contributed by atoms with Gasteiger partial charge < -0.3 is 35.5 Å². The first kappa shape index (κ1) is 31.5. The maximum atomic E-state index is 15.4. The van der Waals surface area contributed by atoms with E-state index in [2.05, 4.69) is 42.6 Å². The third-order valence-electron chi connectivity index (χ3n) is 7.08. The number of fused-ring (bicyclic) bond motifs is 2. The van der Waals surface area contributed by atoms with E-state index < -0.39 is 81.8 Å². The van der Waals surface area contributed by atoms with Crippen molar-refractivity contribution in [3.63, 3.8) is 0 Å². The maximum absolute atomic E-state index is 15.4. The van der Waals surface area contributed by atoms with Crippen molar-refractivity contribution in [2.45, 2.75) is 55.5 Å². The number of halogens is 1. The summed E-state index contributed by atoms with van der Waals surface area (Å²) in [6.45, 7) is -5.41. The molecule has 24 heteroatoms. The molecule has 44 heavy (non-hydrogen) atoms. The van der Waals surface area contributed by atoms with Gasteiger partial charge in [0.15, 0.2) is 35.6 Å². The van der Waals surface area contributed by atoms with Crippen molar-refractivity contribution in [2.75, 3.05) is 24.4 Å². The number of thiol groups is 1. The van der Waals surface area contributed by atoms with Crippen LogP contribution < -0.4 is 22.5 Å². The van der Waals surface area contributed by atoms with Gasteiger partial charge in [-0.05, 0) is 16.4 Å². The molecule has 3 aliphatic rings. The van der Waals surface area contributed by atoms with Gasteiger partial charge in [-0.1, -0.05) is 0 Å². The number of nitrogens with two attached hydrogens (primary N) is 2. The number of aromatic nitrogens is 6. The number of ether oxygens (including phenoxy) is 2. The van der Waals surface area contributed by atoms with E-state index in [1.807, 2.05) is 0 Å². The number of aromatic amines is 1. The molecule has 3 aromatic heterocycles. The van der Waals surface area contributed by atoms with Gasteiger partial charge in [-0.25, -0.2) is 24.0 Å². The Bertz CT molecular complexity index is 1710. The summed E-state index contributed by atoms with van der Waals surface area (Å²) in [4.78, 5) is 41.8. The molecule has 8 N–H and O–H groups in total. The van der Waals surface area contributed by atoms with Gasteiger partial charge in [-0.3, -0.25) is 24.3 Å². The van der Waals surface area contributed by atoms with Crippen LogP contribution in [-0.2, 0) is 39.4 Å². The molecule has 3 aliphatic heterocycles. The second-order valence-corrected chi connectivity index (χ2v) is 14.3. The van der Waals surface area contributed by atoms with Crippen molar-refractivity contribution in [2.24, 2.45) is 10.7 Å². The highest BCUT2D eigenvalue weighted by molar-refractivity contribution is 8.39. The van der Waals surface area contributed by atoms with E-state index in [0.717, 1.165) is 6.33 Å². The minimum absolute atomic E-state index is 0.0576. The summed E-state index contributed by atoms with van der Waals surface area (Å²) in [7, 11) is -2.36. The highest BCUT2D eigenvalue weighted by Crippen LogP contribution is 2.51. The fraction of sp³-hybridized carbons (Fsp3) is 0.550. The van der Waals surface area contributed by atoms with Crippen molar-refractivity contribution in [1.82, 2.24) is 29.2 Å². The number of nitrogens with zero attached hydrogens (tertiary/aromatic N) is 6. The average Bonchev–Trinajstić information content (AvgIpc) is 3.73. The van der Waals surface area contributed by atoms with E-state index in [1.165, 1.54) is 17.1 Å². The molecule has 6 heterocycles. The number of H-pyrrole nitrogens is 1. The van der Waals surface area contributed by atoms with Crippen molar-refractivity contribution in [3.8, 4) is 0 Å². The van der Waals surface area contributed by atoms with Gasteiger partial charge in [0.25, 0.3) is 5.56 Å². The second-order valence-electron chi connectivity index (χ2n) is 9.81. The number of alkyl halides is 1. The Morgan fingerprint density at radius 3 is 2.89 bits per heavy atom. The van der Waals surface area contributed by atoms with Gasteiger partial charge in [0, 0.05) is 6.42 Å². The molecule has 3 aromatic rings. The summed E-state index contributed by atoms with van der Waals surface area (Å²) >= 11 is 9.03. The summed E-state index contributed by atoms with van der Waals surface area (Å²) in [5.41, 5.74) is 14.3. The van der Waals surface area contributed by atoms with Crippen LogP contribution in [0.2, 0.25) is 0 Å². The number of aliphatic hydroxyl groups excluding tert-OH is 1. The first-order chi connectivity index (χ1) is 21.0. The molecule has 0 bridgehead atoms. The average molecular weight is 696 g/mol. The monoisotopic (exact) mass is 695 g/mol. The van der Waals surface area contributed by atoms with Crippen molar-refractivity contribution >= 4 is 61.5 Å². The highest BCUT2D eigenvalue weighted by Gasteiger charge is 2.50. The Labute approximate surface area is 257 Å². The van der Waals surface area contributed by atoms with Gasteiger partial charge in [0.05, 0.1) is 31.4 Å². The minimum atomic E-state index is -4.26. The molecule has 0 aromatic carbocycles. The summed E-state index contributed by atoms with van der Waals surface area (Å²) in [5, 5.41) is 9.68. The molecule has 0 radical (unpaired) electrons. The number of nitrogen functional groups attached to an aromatic ring is 1. The van der Waals surface area contributed by atoms with E-state index in [0.29, 0.717) is 11.5 Å². The third kappa shape index (κ3) is 6.05. The lowest BCUT2D eigenvalue weighted by Crippen LogP contribution is -2.32. The molecule has 238 valence electrons. The van der Waals surface area contributed by atoms with E-state index >= 15 is 4.39 Å². The lowest BCUT2D eigenvalue weighted by atomic mass is 10.1. The fourth-order valence-corrected chi connectivity index (χ4v) is 7.36. The van der Waals surface area contributed by atoms with Crippen LogP contribution in [0.3, 0.4) is 0 Å². The van der Waals surface area contributed by atoms with Crippen LogP contribution >= 0.6 is 26.2 Å². The van der Waals surface area contributed by atoms with Gasteiger partial charge in [0.2, 0.25) is 5.95 Å². The predicted molar refractivity (Wildman–Crippen MR) is 156 cm³/mol. The third-order valence-corrected chi connectivity index (χ3v) is 9.38. The lowest BCUT2D eigenvalue weighted by molar-refractivity contribution is -0.0502. The number of anilines is 1. The smallest absolute Gasteiger partial charge is 0.394 e. The molecule has 2 fully saturated rings. The SMILES string of the molecule is Nc1nc2c(ncn2[C@@H]2O[C@H](CO)[C@@H](F)[C@H]2OP(O)(=S)OC[C@H]2O[C@@H](c3cnc4n3NC=NC4N)C[C@@H]2O[P+](=O)S)c(=O)[nH]1. The van der Waals surface area contributed by atoms with Gasteiger partial charge >= 0.3 is 13.9 Å². The molecular formula is C20H26FN10O9P2S2+. The highest BCUT2D eigenvalue weighted by atomic mass is 32.7. The Morgan fingerprint density at radius 2 is 2.14 bits per heavy atom. The van der Waals surface area contributed by atoms with Crippen molar-refractivity contribution in [3.05, 3.63) is 34.4 Å². The number of aliphatic hydroxyl groups is 1. The molecule has 19 nitrogen and oxygen atoms in total. The molecule has 0 spiro atoms. The zero-order chi connectivity index (χ0) is 31.3. The van der Waals surface area contributed by atoms with Crippen molar-refractivity contribution < 1.29 is 42.0 Å². The molecule has 0 amide bonds. The van der Waals surface area contributed by atoms with Crippen LogP contribution in [0.1, 0.15) is 36.4 Å². The van der Waals surface area contributed by atoms with Gasteiger partial charge in [-0.15, -0.1) is 4.52 Å². The van der Waals surface area contributed by atoms with Crippen LogP contribution in [0.25, 0.3) is 11.2 Å². The molecule has 6 rings (SSSR count). The quantitative estimate of drug-likeness (QED) is 0.107. The number of rotatable bonds is 10. The fourth-order valence-electron chi connectivity index (χ4n) is 5.13. The molecule has 0 aliphatic carbocycles. The van der Waals surface area contributed by atoms with Crippen molar-refractivity contribution in [1.29, 1.82) is 0 Å². The van der Waals surface area contributed by atoms with Gasteiger partial charge in [-0.2, -0.15) is 4.98 Å². The molecule has 0 saturated carbocycles. The Hall–Kier alpha value is -2.46. The first-order valence-corrected chi connectivity index (χ1v) is 17.8. The predicted octanol–water partition coefficient (Wildman–Crippen LogP) is -0.210. The van der Waals surface area contributed by atoms with E-state index in [9.17, 15) is 19.4 Å². The standard InChI is InChI=1S/C20H25FN10O9P2S2/c21-12-10(3-32)38-19(30-6-26-13-16(30)28-20(23)29-18(13)33)14(12)40-42(35,44)36-4-11-9(39-41(34)43)1-8(37-11)7-2-24-17-15(22)25-5-27-31(7)17/h2,5-6,8-12,14-15,19,32H,1,3-4,22H2,(H5-,23,25,27,28,29,33,34,35,43,44)/p+1/t8-,9+,10-,11-,12-,14-,15?,19-,42?/m1/s1. The zero-order valence-corrected chi connectivity index (χ0v) is 25.7. The number of hydrogen-bond acceptors (Lipinski definition) is 16. The Kier molecular flexibility index (Phi) is 8.87. The topological polar surface area (TPSA) is 262 Å². The number of hydrogen-bond donors (Lipinski definition) is 7. The van der Waals surface area contributed by atoms with Crippen LogP contribution in [-0.4, -0.2) is 89.3 Å². The summed E-state index contributed by atoms with van der Waals surface area (Å²) < 4.78 is 58.4. The maximum Gasteiger partial charge on any atom is 0.582 e. The van der Waals surface area contributed by atoms with E-state index in [-0.39, 0.29) is 23.5 Å². The Balaban J connectivity index is 1.19. The molecule has 2 saturated heterocycles. The summed E-state index contributed by atoms with van der Waals surface area (Å²) in [6.07, 6.45) is -5.19. The largest absolute Gasteiger partial charge is 0.582 e. The molecule has 10 atom stereocenters. The van der Waals surface area contributed by atoms with Crippen LogP contribution in [0, 0.1) is 0 Å². The Morgan fingerprint density at radius 1 is 1.34 bits per heavy atom. The minimum Gasteiger partial charge on any atom is -0.394 e. The van der Waals surface area contributed by atoms with Gasteiger partial charge in [0.1, 0.15) is 49.1 Å². The number of aliphatic imine (C=N–C) groups is 1. The lowest BCUT2D eigenvalue weighted by Gasteiger charge is -2.26. The van der Waals surface area contributed by atoms with E-state index in [4.69, 9.17) is 46.3 Å². The number of imidazole rings is 2. The second kappa shape index (κ2) is 12.4. The van der Waals surface area contributed by atoms with Crippen LogP contribution in [0.4, 0.5) is 10.3 Å². The molecular weight excluding hydrogens is 669 g/mol. The number of nitrogens with one attached hydrogen (secondary N) is 2. The summed E-state index contributed by atoms with van der Waals surface area (Å²) in [6, 6.07) is 0. The zero-order valence-electron chi connectivity index (χ0n) is 22.2. The van der Waals surface area contributed by atoms with Crippen LogP contribution in [0.15, 0.2) is 22.3 Å². The molecule has 3 unspecified atom stereocenters. The summed E-state index contributed by atoms with van der Waals surface area (Å²) in [5.74, 6) is 0.204. The normalized spacial score (nSPS) is 31.6. The van der Waals surface area contributed by atoms with E-state index in [1.54, 1.807) is 4.68 Å². The first-order valence-electron chi connectivity index (χ1n) is 12.8. The van der Waals surface area contributed by atoms with Crippen LogP contribution in [0.5, 0.6) is 0 Å².